The number of carbonyl (C=O) groups excluding carboxylic acids is 1. The molecule has 0 aromatic rings. The summed E-state index contributed by atoms with van der Waals surface area (Å²) in [6.45, 7) is 2.28. The number of carbonyl (C=O) groups is 1. The Labute approximate surface area is 139 Å². The molecule has 0 unspecified atom stereocenters. The van der Waals surface area contributed by atoms with E-state index in [-0.39, 0.29) is 5.97 Å². The molecular formula is C20H40O2. The maximum Gasteiger partial charge on any atom is 0.305 e. The molecule has 0 aromatic heterocycles. The molecule has 2 heteroatoms. The normalized spacial score (nSPS) is 10.8. The molecule has 0 aromatic carbocycles. The molecule has 0 N–H and O–H groups in total. The topological polar surface area (TPSA) is 26.3 Å². The summed E-state index contributed by atoms with van der Waals surface area (Å²) in [7, 11) is 1.47. The van der Waals surface area contributed by atoms with Crippen LogP contribution in [0.1, 0.15) is 116 Å². The number of methoxy groups -OCH3 is 1. The van der Waals surface area contributed by atoms with Crippen LogP contribution in [0.3, 0.4) is 0 Å². The van der Waals surface area contributed by atoms with Gasteiger partial charge in [-0.15, -0.1) is 0 Å². The van der Waals surface area contributed by atoms with Crippen LogP contribution in [-0.2, 0) is 9.53 Å². The number of rotatable bonds is 17. The van der Waals surface area contributed by atoms with Crippen molar-refractivity contribution >= 4 is 5.97 Å². The molecule has 0 rings (SSSR count). The van der Waals surface area contributed by atoms with Gasteiger partial charge >= 0.3 is 5.97 Å². The lowest BCUT2D eigenvalue weighted by Crippen LogP contribution is -1.99. The van der Waals surface area contributed by atoms with E-state index in [9.17, 15) is 4.79 Å². The van der Waals surface area contributed by atoms with Crippen molar-refractivity contribution in [2.45, 2.75) is 116 Å². The van der Waals surface area contributed by atoms with Crippen LogP contribution in [-0.4, -0.2) is 13.1 Å². The van der Waals surface area contributed by atoms with E-state index in [1.54, 1.807) is 0 Å². The van der Waals surface area contributed by atoms with Gasteiger partial charge in [-0.3, -0.25) is 4.79 Å². The number of hydrogen-bond donors (Lipinski definition) is 0. The van der Waals surface area contributed by atoms with Crippen LogP contribution in [0.4, 0.5) is 0 Å². The first kappa shape index (κ1) is 21.5. The van der Waals surface area contributed by atoms with Crippen molar-refractivity contribution < 1.29 is 9.53 Å². The van der Waals surface area contributed by atoms with Crippen molar-refractivity contribution in [2.75, 3.05) is 7.11 Å². The van der Waals surface area contributed by atoms with Crippen LogP contribution >= 0.6 is 0 Å². The zero-order valence-electron chi connectivity index (χ0n) is 15.3. The third-order valence-corrected chi connectivity index (χ3v) is 4.46. The molecule has 0 fully saturated rings. The molecule has 0 saturated carbocycles. The van der Waals surface area contributed by atoms with E-state index in [1.807, 2.05) is 0 Å². The largest absolute Gasteiger partial charge is 0.469 e. The Morgan fingerprint density at radius 2 is 0.909 bits per heavy atom. The molecule has 132 valence electrons. The first-order chi connectivity index (χ1) is 10.8. The van der Waals surface area contributed by atoms with Crippen LogP contribution in [0.25, 0.3) is 0 Å². The number of ether oxygens (including phenoxy) is 1. The molecule has 0 aliphatic heterocycles. The summed E-state index contributed by atoms with van der Waals surface area (Å²) in [5.74, 6) is -0.0645. The Morgan fingerprint density at radius 1 is 0.591 bits per heavy atom. The highest BCUT2D eigenvalue weighted by Crippen LogP contribution is 2.14. The lowest BCUT2D eigenvalue weighted by Gasteiger charge is -2.03. The number of unbranched alkanes of at least 4 members (excludes halogenated alkanes) is 15. The zero-order valence-corrected chi connectivity index (χ0v) is 15.3. The van der Waals surface area contributed by atoms with E-state index in [2.05, 4.69) is 11.7 Å². The molecule has 0 saturated heterocycles. The van der Waals surface area contributed by atoms with Crippen molar-refractivity contribution in [1.29, 1.82) is 0 Å². The van der Waals surface area contributed by atoms with Crippen LogP contribution in [0, 0.1) is 0 Å². The van der Waals surface area contributed by atoms with Crippen molar-refractivity contribution in [1.82, 2.24) is 0 Å². The summed E-state index contributed by atoms with van der Waals surface area (Å²) in [5, 5.41) is 0. The summed E-state index contributed by atoms with van der Waals surface area (Å²) in [4.78, 5) is 10.9. The molecule has 0 spiro atoms. The zero-order chi connectivity index (χ0) is 16.3. The van der Waals surface area contributed by atoms with Gasteiger partial charge in [-0.2, -0.15) is 0 Å². The van der Waals surface area contributed by atoms with Gasteiger partial charge in [0, 0.05) is 6.42 Å². The van der Waals surface area contributed by atoms with Gasteiger partial charge in [-0.05, 0) is 6.42 Å². The van der Waals surface area contributed by atoms with Gasteiger partial charge in [0.15, 0.2) is 0 Å². The Morgan fingerprint density at radius 3 is 1.23 bits per heavy atom. The average molecular weight is 313 g/mol. The summed E-state index contributed by atoms with van der Waals surface area (Å²) in [6.07, 6.45) is 22.4. The Bertz CT molecular complexity index is 226. The second-order valence-corrected chi connectivity index (χ2v) is 6.63. The minimum atomic E-state index is -0.0645. The summed E-state index contributed by atoms with van der Waals surface area (Å²) < 4.78 is 4.64. The van der Waals surface area contributed by atoms with E-state index in [0.717, 1.165) is 6.42 Å². The van der Waals surface area contributed by atoms with Crippen LogP contribution in [0.5, 0.6) is 0 Å². The fourth-order valence-electron chi connectivity index (χ4n) is 2.92. The molecule has 0 aliphatic rings. The first-order valence-corrected chi connectivity index (χ1v) is 9.88. The summed E-state index contributed by atoms with van der Waals surface area (Å²) in [6, 6.07) is 0. The molecule has 0 radical (unpaired) electrons. The first-order valence-electron chi connectivity index (χ1n) is 9.88. The Hall–Kier alpha value is -0.530. The third kappa shape index (κ3) is 17.5. The van der Waals surface area contributed by atoms with Gasteiger partial charge in [-0.25, -0.2) is 0 Å². The maximum absolute atomic E-state index is 10.9. The monoisotopic (exact) mass is 312 g/mol. The molecule has 0 bridgehead atoms. The molecule has 0 aliphatic carbocycles. The molecule has 22 heavy (non-hydrogen) atoms. The van der Waals surface area contributed by atoms with Crippen molar-refractivity contribution in [2.24, 2.45) is 0 Å². The molecule has 0 heterocycles. The van der Waals surface area contributed by atoms with Crippen LogP contribution < -0.4 is 0 Å². The second-order valence-electron chi connectivity index (χ2n) is 6.63. The van der Waals surface area contributed by atoms with Crippen LogP contribution in [0.2, 0.25) is 0 Å². The third-order valence-electron chi connectivity index (χ3n) is 4.46. The minimum Gasteiger partial charge on any atom is -0.469 e. The van der Waals surface area contributed by atoms with Gasteiger partial charge in [0.2, 0.25) is 0 Å². The fraction of sp³-hybridized carbons (Fsp3) is 0.950. The highest BCUT2D eigenvalue weighted by atomic mass is 16.5. The highest BCUT2D eigenvalue weighted by Gasteiger charge is 1.99. The van der Waals surface area contributed by atoms with Crippen molar-refractivity contribution in [3.8, 4) is 0 Å². The quantitative estimate of drug-likeness (QED) is 0.218. The smallest absolute Gasteiger partial charge is 0.305 e. The van der Waals surface area contributed by atoms with E-state index >= 15 is 0 Å². The lowest BCUT2D eigenvalue weighted by molar-refractivity contribution is -0.140. The predicted molar refractivity (Wildman–Crippen MR) is 96.2 cm³/mol. The van der Waals surface area contributed by atoms with Gasteiger partial charge in [0.05, 0.1) is 7.11 Å². The Balaban J connectivity index is 2.98. The molecule has 0 atom stereocenters. The fourth-order valence-corrected chi connectivity index (χ4v) is 2.92. The van der Waals surface area contributed by atoms with Gasteiger partial charge in [0.25, 0.3) is 0 Å². The maximum atomic E-state index is 10.9. The van der Waals surface area contributed by atoms with Crippen molar-refractivity contribution in [3.63, 3.8) is 0 Å². The van der Waals surface area contributed by atoms with Crippen molar-refractivity contribution in [3.05, 3.63) is 0 Å². The Kier molecular flexibility index (Phi) is 18.1. The summed E-state index contributed by atoms with van der Waals surface area (Å²) in [5.41, 5.74) is 0. The van der Waals surface area contributed by atoms with Crippen LogP contribution in [0.15, 0.2) is 0 Å². The van der Waals surface area contributed by atoms with Gasteiger partial charge < -0.3 is 4.74 Å². The van der Waals surface area contributed by atoms with E-state index in [0.29, 0.717) is 6.42 Å². The number of esters is 1. The molecule has 2 nitrogen and oxygen atoms in total. The number of hydrogen-bond acceptors (Lipinski definition) is 2. The van der Waals surface area contributed by atoms with E-state index in [1.165, 1.54) is 103 Å². The highest BCUT2D eigenvalue weighted by molar-refractivity contribution is 5.68. The molecule has 0 amide bonds. The lowest BCUT2D eigenvalue weighted by atomic mass is 10.0. The summed E-state index contributed by atoms with van der Waals surface area (Å²) >= 11 is 0. The molecular weight excluding hydrogens is 272 g/mol. The van der Waals surface area contributed by atoms with Gasteiger partial charge in [0.1, 0.15) is 0 Å². The van der Waals surface area contributed by atoms with E-state index in [4.69, 9.17) is 0 Å². The second kappa shape index (κ2) is 18.5. The SMILES string of the molecule is CCCCCCCCCCCCCCCCCCC(=O)OC. The average Bonchev–Trinajstić information content (AvgIpc) is 2.54. The predicted octanol–water partition coefficient (Wildman–Crippen LogP) is 6.81. The minimum absolute atomic E-state index is 0.0645. The van der Waals surface area contributed by atoms with E-state index < -0.39 is 0 Å². The van der Waals surface area contributed by atoms with Gasteiger partial charge in [-0.1, -0.05) is 103 Å². The standard InChI is InChI=1S/C20H40O2/c1-3-4-5-6-7-8-9-10-11-12-13-14-15-16-17-18-19-20(21)22-2/h3-19H2,1-2H3.